The van der Waals surface area contributed by atoms with Crippen molar-refractivity contribution in [1.29, 1.82) is 0 Å². The third-order valence-corrected chi connectivity index (χ3v) is 5.80. The molecule has 0 unspecified atom stereocenters. The third-order valence-electron chi connectivity index (χ3n) is 4.78. The second-order valence-corrected chi connectivity index (χ2v) is 8.24. The summed E-state index contributed by atoms with van der Waals surface area (Å²) in [6.45, 7) is 4.68. The van der Waals surface area contributed by atoms with Gasteiger partial charge in [-0.25, -0.2) is 4.79 Å². The van der Waals surface area contributed by atoms with E-state index in [1.807, 2.05) is 42.8 Å². The minimum absolute atomic E-state index is 0.149. The van der Waals surface area contributed by atoms with Gasteiger partial charge in [0.25, 0.3) is 0 Å². The second kappa shape index (κ2) is 12.1. The lowest BCUT2D eigenvalue weighted by molar-refractivity contribution is -0.113. The molecule has 2 aromatic carbocycles. The van der Waals surface area contributed by atoms with Gasteiger partial charge in [0.1, 0.15) is 12.4 Å². The monoisotopic (exact) mass is 468 g/mol. The van der Waals surface area contributed by atoms with Gasteiger partial charge in [0.15, 0.2) is 11.0 Å². The predicted molar refractivity (Wildman–Crippen MR) is 128 cm³/mol. The van der Waals surface area contributed by atoms with Gasteiger partial charge >= 0.3 is 5.97 Å². The van der Waals surface area contributed by atoms with Crippen LogP contribution in [0.25, 0.3) is 0 Å². The van der Waals surface area contributed by atoms with Gasteiger partial charge in [-0.15, -0.1) is 10.2 Å². The fourth-order valence-corrected chi connectivity index (χ4v) is 3.62. The van der Waals surface area contributed by atoms with Crippen LogP contribution in [0.2, 0.25) is 0 Å². The van der Waals surface area contributed by atoms with Gasteiger partial charge in [-0.2, -0.15) is 0 Å². The summed E-state index contributed by atoms with van der Waals surface area (Å²) in [5.74, 6) is 0.962. The smallest absolute Gasteiger partial charge is 0.338 e. The number of aromatic nitrogens is 3. The Balaban J connectivity index is 1.50. The molecule has 3 rings (SSSR count). The van der Waals surface area contributed by atoms with Gasteiger partial charge in [-0.1, -0.05) is 43.8 Å². The molecule has 1 aromatic heterocycles. The van der Waals surface area contributed by atoms with Crippen molar-refractivity contribution in [3.8, 4) is 5.75 Å². The van der Waals surface area contributed by atoms with E-state index in [0.717, 1.165) is 18.6 Å². The Morgan fingerprint density at radius 2 is 1.88 bits per heavy atom. The first-order valence-corrected chi connectivity index (χ1v) is 11.8. The summed E-state index contributed by atoms with van der Waals surface area (Å²) in [5.41, 5.74) is 2.19. The van der Waals surface area contributed by atoms with Crippen LogP contribution in [-0.4, -0.2) is 39.0 Å². The number of hydrogen-bond donors (Lipinski definition) is 1. The Hall–Kier alpha value is -3.33. The number of carbonyl (C=O) groups is 2. The molecule has 0 fully saturated rings. The average Bonchev–Trinajstić information content (AvgIpc) is 3.19. The molecule has 8 nitrogen and oxygen atoms in total. The van der Waals surface area contributed by atoms with E-state index in [1.165, 1.54) is 17.3 Å². The van der Waals surface area contributed by atoms with E-state index < -0.39 is 5.97 Å². The van der Waals surface area contributed by atoms with Gasteiger partial charge < -0.3 is 19.4 Å². The molecule has 1 amide bonds. The van der Waals surface area contributed by atoms with E-state index in [-0.39, 0.29) is 18.3 Å². The molecule has 0 radical (unpaired) electrons. The van der Waals surface area contributed by atoms with Crippen molar-refractivity contribution in [1.82, 2.24) is 14.8 Å². The molecule has 1 heterocycles. The molecule has 0 aliphatic heterocycles. The zero-order valence-corrected chi connectivity index (χ0v) is 19.9. The van der Waals surface area contributed by atoms with Gasteiger partial charge in [0.05, 0.1) is 17.9 Å². The van der Waals surface area contributed by atoms with Crippen molar-refractivity contribution < 1.29 is 19.1 Å². The van der Waals surface area contributed by atoms with E-state index in [4.69, 9.17) is 9.47 Å². The maximum atomic E-state index is 12.4. The van der Waals surface area contributed by atoms with Crippen LogP contribution in [0.1, 0.15) is 42.0 Å². The SMILES string of the molecule is CCCOC(=O)c1cccc(NC(=O)CSc2nnc(COc3ccc(CC)cc3)n2C)c1. The lowest BCUT2D eigenvalue weighted by Gasteiger charge is -2.08. The zero-order chi connectivity index (χ0) is 23.6. The second-order valence-electron chi connectivity index (χ2n) is 7.30. The first-order chi connectivity index (χ1) is 16.0. The first kappa shape index (κ1) is 24.3. The number of anilines is 1. The fourth-order valence-electron chi connectivity index (χ4n) is 2.89. The number of rotatable bonds is 11. The molecule has 1 N–H and O–H groups in total. The summed E-state index contributed by atoms with van der Waals surface area (Å²) in [5, 5.41) is 11.7. The van der Waals surface area contributed by atoms with Crippen LogP contribution in [0.5, 0.6) is 5.75 Å². The number of amides is 1. The van der Waals surface area contributed by atoms with Crippen LogP contribution in [0.4, 0.5) is 5.69 Å². The minimum Gasteiger partial charge on any atom is -0.486 e. The molecule has 0 aliphatic carbocycles. The number of esters is 1. The molecular weight excluding hydrogens is 440 g/mol. The zero-order valence-electron chi connectivity index (χ0n) is 19.0. The number of carbonyl (C=O) groups excluding carboxylic acids is 2. The Bertz CT molecular complexity index is 1080. The molecular formula is C24H28N4O4S. The minimum atomic E-state index is -0.405. The summed E-state index contributed by atoms with van der Waals surface area (Å²) < 4.78 is 12.7. The molecule has 33 heavy (non-hydrogen) atoms. The van der Waals surface area contributed by atoms with Crippen molar-refractivity contribution in [3.05, 3.63) is 65.5 Å². The first-order valence-electron chi connectivity index (χ1n) is 10.8. The summed E-state index contributed by atoms with van der Waals surface area (Å²) in [4.78, 5) is 24.4. The predicted octanol–water partition coefficient (Wildman–Crippen LogP) is 4.25. The number of benzene rings is 2. The van der Waals surface area contributed by atoms with Crippen LogP contribution in [-0.2, 0) is 29.6 Å². The van der Waals surface area contributed by atoms with E-state index in [1.54, 1.807) is 24.3 Å². The molecule has 0 spiro atoms. The quantitative estimate of drug-likeness (QED) is 0.332. The highest BCUT2D eigenvalue weighted by molar-refractivity contribution is 7.99. The molecule has 0 bridgehead atoms. The number of ether oxygens (including phenoxy) is 2. The maximum absolute atomic E-state index is 12.4. The summed E-state index contributed by atoms with van der Waals surface area (Å²) in [7, 11) is 1.84. The Morgan fingerprint density at radius 1 is 1.09 bits per heavy atom. The molecule has 9 heteroatoms. The highest BCUT2D eigenvalue weighted by Gasteiger charge is 2.13. The van der Waals surface area contributed by atoms with Crippen LogP contribution in [0, 0.1) is 0 Å². The van der Waals surface area contributed by atoms with Gasteiger partial charge in [0.2, 0.25) is 5.91 Å². The van der Waals surface area contributed by atoms with E-state index >= 15 is 0 Å². The van der Waals surface area contributed by atoms with E-state index in [9.17, 15) is 9.59 Å². The standard InChI is InChI=1S/C24H28N4O4S/c1-4-13-31-23(30)18-7-6-8-19(14-18)25-22(29)16-33-24-27-26-21(28(24)3)15-32-20-11-9-17(5-2)10-12-20/h6-12,14H,4-5,13,15-16H2,1-3H3,(H,25,29). The highest BCUT2D eigenvalue weighted by Crippen LogP contribution is 2.19. The molecule has 3 aromatic rings. The Labute approximate surface area is 197 Å². The van der Waals surface area contributed by atoms with Crippen LogP contribution >= 0.6 is 11.8 Å². The molecule has 0 aliphatic rings. The molecule has 0 saturated heterocycles. The van der Waals surface area contributed by atoms with Crippen LogP contribution in [0.3, 0.4) is 0 Å². The van der Waals surface area contributed by atoms with Gasteiger partial charge in [0, 0.05) is 12.7 Å². The number of nitrogens with one attached hydrogen (secondary N) is 1. The van der Waals surface area contributed by atoms with Gasteiger partial charge in [-0.05, 0) is 48.7 Å². The van der Waals surface area contributed by atoms with Crippen LogP contribution in [0.15, 0.2) is 53.7 Å². The van der Waals surface area contributed by atoms with Crippen molar-refractivity contribution >= 4 is 29.3 Å². The van der Waals surface area contributed by atoms with Crippen LogP contribution < -0.4 is 10.1 Å². The normalized spacial score (nSPS) is 10.6. The van der Waals surface area contributed by atoms with Gasteiger partial charge in [-0.3, -0.25) is 4.79 Å². The maximum Gasteiger partial charge on any atom is 0.338 e. The molecule has 0 atom stereocenters. The number of thioether (sulfide) groups is 1. The Kier molecular flexibility index (Phi) is 8.88. The fraction of sp³-hybridized carbons (Fsp3) is 0.333. The number of aryl methyl sites for hydroxylation is 1. The third kappa shape index (κ3) is 7.08. The van der Waals surface area contributed by atoms with Crippen molar-refractivity contribution in [2.75, 3.05) is 17.7 Å². The topological polar surface area (TPSA) is 95.3 Å². The lowest BCUT2D eigenvalue weighted by Crippen LogP contribution is -2.15. The van der Waals surface area contributed by atoms with Crippen molar-refractivity contribution in [3.63, 3.8) is 0 Å². The highest BCUT2D eigenvalue weighted by atomic mass is 32.2. The molecule has 174 valence electrons. The van der Waals surface area contributed by atoms with Crippen molar-refractivity contribution in [2.24, 2.45) is 7.05 Å². The van der Waals surface area contributed by atoms with E-state index in [0.29, 0.717) is 28.8 Å². The summed E-state index contributed by atoms with van der Waals surface area (Å²) in [6.07, 6.45) is 1.73. The summed E-state index contributed by atoms with van der Waals surface area (Å²) in [6, 6.07) is 14.6. The largest absolute Gasteiger partial charge is 0.486 e. The average molecular weight is 469 g/mol. The number of hydrogen-bond acceptors (Lipinski definition) is 7. The van der Waals surface area contributed by atoms with Crippen molar-refractivity contribution in [2.45, 2.75) is 38.5 Å². The number of nitrogens with zero attached hydrogens (tertiary/aromatic N) is 3. The molecule has 0 saturated carbocycles. The summed E-state index contributed by atoms with van der Waals surface area (Å²) >= 11 is 1.27. The van der Waals surface area contributed by atoms with E-state index in [2.05, 4.69) is 22.4 Å². The lowest BCUT2D eigenvalue weighted by atomic mass is 10.2. The Morgan fingerprint density at radius 3 is 2.61 bits per heavy atom.